The van der Waals surface area contributed by atoms with Crippen LogP contribution in [0.25, 0.3) is 0 Å². The van der Waals surface area contributed by atoms with Gasteiger partial charge in [-0.05, 0) is 30.7 Å². The second kappa shape index (κ2) is 6.11. The molecule has 2 rings (SSSR count). The predicted molar refractivity (Wildman–Crippen MR) is 79.4 cm³/mol. The number of carbonyl (C=O) groups is 1. The first-order valence-corrected chi connectivity index (χ1v) is 6.67. The van der Waals surface area contributed by atoms with Crippen LogP contribution >= 0.6 is 23.2 Å². The molecule has 1 atom stereocenters. The molecule has 1 aromatic heterocycles. The smallest absolute Gasteiger partial charge is 0.253 e. The highest BCUT2D eigenvalue weighted by Gasteiger charge is 2.14. The lowest BCUT2D eigenvalue weighted by Crippen LogP contribution is -2.27. The van der Waals surface area contributed by atoms with Gasteiger partial charge in [-0.15, -0.1) is 0 Å². The van der Waals surface area contributed by atoms with Gasteiger partial charge in [0.15, 0.2) is 0 Å². The third kappa shape index (κ3) is 3.40. The summed E-state index contributed by atoms with van der Waals surface area (Å²) in [5, 5.41) is 3.84. The Kier molecular flexibility index (Phi) is 4.47. The topological polar surface area (TPSA) is 62.0 Å². The molecule has 0 saturated carbocycles. The van der Waals surface area contributed by atoms with Crippen LogP contribution in [-0.2, 0) is 0 Å². The minimum atomic E-state index is -0.292. The Hall–Kier alpha value is -1.78. The number of aromatic nitrogens is 1. The second-order valence-electron chi connectivity index (χ2n) is 4.30. The van der Waals surface area contributed by atoms with Crippen molar-refractivity contribution in [2.24, 2.45) is 0 Å². The Morgan fingerprint density at radius 2 is 2.00 bits per heavy atom. The fraction of sp³-hybridized carbons (Fsp3) is 0.143. The molecular weight excluding hydrogens is 299 g/mol. The molecule has 104 valence electrons. The summed E-state index contributed by atoms with van der Waals surface area (Å²) in [6.07, 6.45) is 1.37. The number of amides is 1. The second-order valence-corrected chi connectivity index (χ2v) is 5.15. The SMILES string of the molecule is C[C@@H](NC(=O)c1ccc(=O)[nH]c1)c1ccc(Cl)cc1Cl. The first-order chi connectivity index (χ1) is 9.47. The number of carbonyl (C=O) groups excluding carboxylic acids is 1. The first kappa shape index (κ1) is 14.6. The van der Waals surface area contributed by atoms with E-state index in [-0.39, 0.29) is 17.5 Å². The Bertz CT molecular complexity index is 677. The van der Waals surface area contributed by atoms with E-state index in [0.717, 1.165) is 5.56 Å². The van der Waals surface area contributed by atoms with Crippen molar-refractivity contribution in [3.8, 4) is 0 Å². The molecule has 0 spiro atoms. The van der Waals surface area contributed by atoms with Crippen molar-refractivity contribution in [1.29, 1.82) is 0 Å². The van der Waals surface area contributed by atoms with E-state index in [1.54, 1.807) is 18.2 Å². The van der Waals surface area contributed by atoms with Gasteiger partial charge < -0.3 is 10.3 Å². The van der Waals surface area contributed by atoms with E-state index >= 15 is 0 Å². The molecule has 20 heavy (non-hydrogen) atoms. The number of pyridine rings is 1. The van der Waals surface area contributed by atoms with Crippen LogP contribution < -0.4 is 10.9 Å². The maximum atomic E-state index is 12.0. The molecule has 0 saturated heterocycles. The molecule has 0 unspecified atom stereocenters. The molecular formula is C14H12Cl2N2O2. The van der Waals surface area contributed by atoms with E-state index in [1.165, 1.54) is 18.3 Å². The molecule has 1 amide bonds. The number of aromatic amines is 1. The molecule has 0 fully saturated rings. The highest BCUT2D eigenvalue weighted by molar-refractivity contribution is 6.35. The van der Waals surface area contributed by atoms with Crippen molar-refractivity contribution in [3.63, 3.8) is 0 Å². The lowest BCUT2D eigenvalue weighted by molar-refractivity contribution is 0.0939. The first-order valence-electron chi connectivity index (χ1n) is 5.92. The average Bonchev–Trinajstić information content (AvgIpc) is 2.39. The zero-order valence-corrected chi connectivity index (χ0v) is 12.1. The van der Waals surface area contributed by atoms with Gasteiger partial charge in [0.25, 0.3) is 5.91 Å². The Morgan fingerprint density at radius 1 is 1.25 bits per heavy atom. The van der Waals surface area contributed by atoms with Crippen LogP contribution in [0.5, 0.6) is 0 Å². The number of rotatable bonds is 3. The molecule has 0 radical (unpaired) electrons. The summed E-state index contributed by atoms with van der Waals surface area (Å²) < 4.78 is 0. The van der Waals surface area contributed by atoms with Gasteiger partial charge in [0.05, 0.1) is 11.6 Å². The largest absolute Gasteiger partial charge is 0.345 e. The van der Waals surface area contributed by atoms with E-state index in [1.807, 2.05) is 6.92 Å². The van der Waals surface area contributed by atoms with E-state index < -0.39 is 0 Å². The van der Waals surface area contributed by atoms with Gasteiger partial charge in [-0.3, -0.25) is 9.59 Å². The van der Waals surface area contributed by atoms with Gasteiger partial charge in [-0.2, -0.15) is 0 Å². The van der Waals surface area contributed by atoms with Crippen molar-refractivity contribution < 1.29 is 4.79 Å². The summed E-state index contributed by atoms with van der Waals surface area (Å²) in [6.45, 7) is 1.82. The van der Waals surface area contributed by atoms with Crippen molar-refractivity contribution in [2.75, 3.05) is 0 Å². The van der Waals surface area contributed by atoms with Crippen LogP contribution in [0.4, 0.5) is 0 Å². The number of hydrogen-bond acceptors (Lipinski definition) is 2. The van der Waals surface area contributed by atoms with Crippen molar-refractivity contribution in [3.05, 3.63) is 68.1 Å². The van der Waals surface area contributed by atoms with Gasteiger partial charge >= 0.3 is 0 Å². The fourth-order valence-electron chi connectivity index (χ4n) is 1.76. The summed E-state index contributed by atoms with van der Waals surface area (Å²) in [5.74, 6) is -0.292. The van der Waals surface area contributed by atoms with Crippen molar-refractivity contribution in [2.45, 2.75) is 13.0 Å². The third-order valence-corrected chi connectivity index (χ3v) is 3.39. The lowest BCUT2D eigenvalue weighted by atomic mass is 10.1. The highest BCUT2D eigenvalue weighted by Crippen LogP contribution is 2.26. The van der Waals surface area contributed by atoms with Crippen LogP contribution in [0.3, 0.4) is 0 Å². The molecule has 0 bridgehead atoms. The minimum absolute atomic E-state index is 0.254. The summed E-state index contributed by atoms with van der Waals surface area (Å²) in [7, 11) is 0. The van der Waals surface area contributed by atoms with Gasteiger partial charge in [0, 0.05) is 22.3 Å². The van der Waals surface area contributed by atoms with E-state index in [4.69, 9.17) is 23.2 Å². The van der Waals surface area contributed by atoms with E-state index in [9.17, 15) is 9.59 Å². The number of halogens is 2. The van der Waals surface area contributed by atoms with Crippen LogP contribution in [-0.4, -0.2) is 10.9 Å². The lowest BCUT2D eigenvalue weighted by Gasteiger charge is -2.16. The van der Waals surface area contributed by atoms with E-state index in [0.29, 0.717) is 15.6 Å². The quantitative estimate of drug-likeness (QED) is 0.914. The standard InChI is InChI=1S/C14H12Cl2N2O2/c1-8(11-4-3-10(15)6-12(11)16)18-14(20)9-2-5-13(19)17-7-9/h2-8H,1H3,(H,17,19)(H,18,20)/t8-/m1/s1. The molecule has 0 aliphatic heterocycles. The minimum Gasteiger partial charge on any atom is -0.345 e. The average molecular weight is 311 g/mol. The number of benzene rings is 1. The normalized spacial score (nSPS) is 11.9. The molecule has 1 aromatic carbocycles. The van der Waals surface area contributed by atoms with Crippen molar-refractivity contribution >= 4 is 29.1 Å². The summed E-state index contributed by atoms with van der Waals surface area (Å²) in [5.41, 5.74) is 0.894. The summed E-state index contributed by atoms with van der Waals surface area (Å²) in [6, 6.07) is 7.59. The summed E-state index contributed by atoms with van der Waals surface area (Å²) in [4.78, 5) is 25.4. The monoisotopic (exact) mass is 310 g/mol. The van der Waals surface area contributed by atoms with Gasteiger partial charge in [0.1, 0.15) is 0 Å². The maximum absolute atomic E-state index is 12.0. The van der Waals surface area contributed by atoms with E-state index in [2.05, 4.69) is 10.3 Å². The van der Waals surface area contributed by atoms with Gasteiger partial charge in [0.2, 0.25) is 5.56 Å². The molecule has 2 aromatic rings. The van der Waals surface area contributed by atoms with Crippen LogP contribution in [0.2, 0.25) is 10.0 Å². The Labute approximate surface area is 125 Å². The number of nitrogens with one attached hydrogen (secondary N) is 2. The number of hydrogen-bond donors (Lipinski definition) is 2. The zero-order valence-electron chi connectivity index (χ0n) is 10.6. The zero-order chi connectivity index (χ0) is 14.7. The molecule has 0 aliphatic rings. The van der Waals surface area contributed by atoms with Crippen LogP contribution in [0.1, 0.15) is 28.9 Å². The van der Waals surface area contributed by atoms with Crippen molar-refractivity contribution in [1.82, 2.24) is 10.3 Å². The molecule has 1 heterocycles. The highest BCUT2D eigenvalue weighted by atomic mass is 35.5. The van der Waals surface area contributed by atoms with Gasteiger partial charge in [-0.25, -0.2) is 0 Å². The third-order valence-electron chi connectivity index (χ3n) is 2.82. The summed E-state index contributed by atoms with van der Waals surface area (Å²) >= 11 is 11.9. The molecule has 0 aliphatic carbocycles. The van der Waals surface area contributed by atoms with Gasteiger partial charge in [-0.1, -0.05) is 29.3 Å². The maximum Gasteiger partial charge on any atom is 0.253 e. The Morgan fingerprint density at radius 3 is 2.60 bits per heavy atom. The molecule has 2 N–H and O–H groups in total. The number of H-pyrrole nitrogens is 1. The predicted octanol–water partition coefficient (Wildman–Crippen LogP) is 3.17. The molecule has 6 heteroatoms. The fourth-order valence-corrected chi connectivity index (χ4v) is 2.33. The molecule has 4 nitrogen and oxygen atoms in total. The Balaban J connectivity index is 2.14. The van der Waals surface area contributed by atoms with Crippen LogP contribution in [0, 0.1) is 0 Å². The van der Waals surface area contributed by atoms with Crippen LogP contribution in [0.15, 0.2) is 41.3 Å².